The van der Waals surface area contributed by atoms with E-state index in [0.717, 1.165) is 11.3 Å². The molecule has 0 fully saturated rings. The Labute approximate surface area is 152 Å². The van der Waals surface area contributed by atoms with Crippen LogP contribution in [0.2, 0.25) is 5.02 Å². The van der Waals surface area contributed by atoms with Gasteiger partial charge in [-0.2, -0.15) is 5.10 Å². The molecular weight excluding hydrogens is 368 g/mol. The van der Waals surface area contributed by atoms with Gasteiger partial charge in [0.25, 0.3) is 11.8 Å². The normalized spacial score (nSPS) is 10.6. The van der Waals surface area contributed by atoms with Gasteiger partial charge >= 0.3 is 5.97 Å². The van der Waals surface area contributed by atoms with Crippen LogP contribution in [0.1, 0.15) is 48.7 Å². The van der Waals surface area contributed by atoms with E-state index in [1.807, 2.05) is 0 Å². The van der Waals surface area contributed by atoms with Gasteiger partial charge in [0.2, 0.25) is 0 Å². The number of carbonyl (C=O) groups is 3. The number of amides is 2. The van der Waals surface area contributed by atoms with Crippen LogP contribution in [-0.4, -0.2) is 34.2 Å². The Bertz CT molecular complexity index is 871. The van der Waals surface area contributed by atoms with Gasteiger partial charge < -0.3 is 15.8 Å². The molecule has 2 aromatic heterocycles. The summed E-state index contributed by atoms with van der Waals surface area (Å²) in [6.45, 7) is 5.09. The van der Waals surface area contributed by atoms with Crippen LogP contribution in [0.3, 0.4) is 0 Å². The lowest BCUT2D eigenvalue weighted by atomic mass is 10.1. The highest BCUT2D eigenvalue weighted by molar-refractivity contribution is 7.18. The molecule has 0 saturated carbocycles. The van der Waals surface area contributed by atoms with Crippen molar-refractivity contribution in [1.82, 2.24) is 9.78 Å². The number of thiophene rings is 1. The van der Waals surface area contributed by atoms with Gasteiger partial charge in [-0.15, -0.1) is 11.3 Å². The molecule has 8 nitrogen and oxygen atoms in total. The Morgan fingerprint density at radius 2 is 2.00 bits per heavy atom. The third kappa shape index (κ3) is 3.52. The van der Waals surface area contributed by atoms with Crippen molar-refractivity contribution in [3.8, 4) is 0 Å². The van der Waals surface area contributed by atoms with Crippen molar-refractivity contribution in [1.29, 1.82) is 0 Å². The summed E-state index contributed by atoms with van der Waals surface area (Å²) < 4.78 is 6.47. The third-order valence-corrected chi connectivity index (χ3v) is 5.23. The van der Waals surface area contributed by atoms with Gasteiger partial charge in [-0.3, -0.25) is 14.3 Å². The quantitative estimate of drug-likeness (QED) is 0.767. The standard InChI is InChI=1S/C15H17ClN4O4S/c1-5-24-15(23)8-6(2)11(12(17)21)25-14(8)18-13(22)10-9(16)7(3)20(4)19-10/h5H2,1-4H3,(H2,17,21)(H,18,22). The van der Waals surface area contributed by atoms with Crippen LogP contribution in [0.4, 0.5) is 5.00 Å². The van der Waals surface area contributed by atoms with Gasteiger partial charge in [-0.25, -0.2) is 4.79 Å². The molecule has 10 heteroatoms. The number of ether oxygens (including phenoxy) is 1. The van der Waals surface area contributed by atoms with Gasteiger partial charge in [0.15, 0.2) is 5.69 Å². The average molecular weight is 385 g/mol. The lowest BCUT2D eigenvalue weighted by Gasteiger charge is -2.06. The Hall–Kier alpha value is -2.39. The van der Waals surface area contributed by atoms with Crippen LogP contribution < -0.4 is 11.1 Å². The minimum absolute atomic E-state index is 0.0168. The summed E-state index contributed by atoms with van der Waals surface area (Å²) in [5.74, 6) is -1.95. The molecule has 0 aromatic carbocycles. The number of primary amides is 1. The highest BCUT2D eigenvalue weighted by atomic mass is 35.5. The lowest BCUT2D eigenvalue weighted by molar-refractivity contribution is 0.0527. The monoisotopic (exact) mass is 384 g/mol. The molecule has 0 unspecified atom stereocenters. The van der Waals surface area contributed by atoms with Crippen molar-refractivity contribution < 1.29 is 19.1 Å². The zero-order chi connectivity index (χ0) is 18.9. The number of nitrogens with two attached hydrogens (primary N) is 1. The molecule has 2 amide bonds. The number of hydrogen-bond acceptors (Lipinski definition) is 6. The Kier molecular flexibility index (Phi) is 5.48. The fourth-order valence-electron chi connectivity index (χ4n) is 2.18. The van der Waals surface area contributed by atoms with Crippen LogP contribution >= 0.6 is 22.9 Å². The molecular formula is C15H17ClN4O4S. The van der Waals surface area contributed by atoms with Crippen LogP contribution in [0, 0.1) is 13.8 Å². The van der Waals surface area contributed by atoms with Crippen molar-refractivity contribution in [2.75, 3.05) is 11.9 Å². The number of aryl methyl sites for hydroxylation is 1. The number of nitrogens with one attached hydrogen (secondary N) is 1. The summed E-state index contributed by atoms with van der Waals surface area (Å²) in [5.41, 5.74) is 6.42. The molecule has 0 aliphatic heterocycles. The molecule has 2 heterocycles. The van der Waals surface area contributed by atoms with Crippen molar-refractivity contribution >= 4 is 45.7 Å². The predicted octanol–water partition coefficient (Wildman–Crippen LogP) is 2.28. The molecule has 2 rings (SSSR count). The van der Waals surface area contributed by atoms with E-state index in [1.54, 1.807) is 27.8 Å². The minimum atomic E-state index is -0.694. The van der Waals surface area contributed by atoms with E-state index in [1.165, 1.54) is 4.68 Å². The van der Waals surface area contributed by atoms with Gasteiger partial charge in [0.1, 0.15) is 5.00 Å². The molecule has 0 aliphatic rings. The molecule has 0 aliphatic carbocycles. The largest absolute Gasteiger partial charge is 0.462 e. The fraction of sp³-hybridized carbons (Fsp3) is 0.333. The molecule has 0 radical (unpaired) electrons. The second-order valence-electron chi connectivity index (χ2n) is 5.17. The summed E-state index contributed by atoms with van der Waals surface area (Å²) in [4.78, 5) is 36.4. The summed E-state index contributed by atoms with van der Waals surface area (Å²) in [6, 6.07) is 0. The summed E-state index contributed by atoms with van der Waals surface area (Å²) in [5, 5.41) is 7.00. The second kappa shape index (κ2) is 7.24. The van der Waals surface area contributed by atoms with Gasteiger partial charge in [-0.1, -0.05) is 11.6 Å². The minimum Gasteiger partial charge on any atom is -0.462 e. The first-order valence-electron chi connectivity index (χ1n) is 7.29. The van der Waals surface area contributed by atoms with E-state index in [2.05, 4.69) is 10.4 Å². The van der Waals surface area contributed by atoms with E-state index in [9.17, 15) is 14.4 Å². The number of esters is 1. The number of nitrogens with zero attached hydrogens (tertiary/aromatic N) is 2. The van der Waals surface area contributed by atoms with Gasteiger partial charge in [0.05, 0.1) is 27.8 Å². The maximum Gasteiger partial charge on any atom is 0.341 e. The van der Waals surface area contributed by atoms with E-state index in [4.69, 9.17) is 22.1 Å². The summed E-state index contributed by atoms with van der Waals surface area (Å²) >= 11 is 7.01. The molecule has 2 aromatic rings. The van der Waals surface area contributed by atoms with E-state index >= 15 is 0 Å². The van der Waals surface area contributed by atoms with Gasteiger partial charge in [0, 0.05) is 7.05 Å². The average Bonchev–Trinajstić information content (AvgIpc) is 2.99. The number of anilines is 1. The number of aromatic nitrogens is 2. The molecule has 0 saturated heterocycles. The number of rotatable bonds is 5. The third-order valence-electron chi connectivity index (χ3n) is 3.55. The molecule has 134 valence electrons. The molecule has 0 atom stereocenters. The smallest absolute Gasteiger partial charge is 0.341 e. The highest BCUT2D eigenvalue weighted by Crippen LogP contribution is 2.34. The van der Waals surface area contributed by atoms with Crippen molar-refractivity contribution in [3.05, 3.63) is 32.4 Å². The highest BCUT2D eigenvalue weighted by Gasteiger charge is 2.27. The Balaban J connectivity index is 2.45. The predicted molar refractivity (Wildman–Crippen MR) is 94.4 cm³/mol. The molecule has 25 heavy (non-hydrogen) atoms. The molecule has 3 N–H and O–H groups in total. The zero-order valence-electron chi connectivity index (χ0n) is 14.1. The SMILES string of the molecule is CCOC(=O)c1c(NC(=O)c2nn(C)c(C)c2Cl)sc(C(N)=O)c1C. The van der Waals surface area contributed by atoms with E-state index in [0.29, 0.717) is 11.3 Å². The van der Waals surface area contributed by atoms with E-state index < -0.39 is 17.8 Å². The summed E-state index contributed by atoms with van der Waals surface area (Å²) in [7, 11) is 1.66. The summed E-state index contributed by atoms with van der Waals surface area (Å²) in [6.07, 6.45) is 0. The maximum atomic E-state index is 12.5. The fourth-order valence-corrected chi connectivity index (χ4v) is 3.46. The zero-order valence-corrected chi connectivity index (χ0v) is 15.7. The van der Waals surface area contributed by atoms with Crippen LogP contribution in [0.5, 0.6) is 0 Å². The van der Waals surface area contributed by atoms with Crippen LogP contribution in [0.25, 0.3) is 0 Å². The molecule has 0 spiro atoms. The number of halogens is 1. The second-order valence-corrected chi connectivity index (χ2v) is 6.57. The number of carbonyl (C=O) groups excluding carboxylic acids is 3. The van der Waals surface area contributed by atoms with Crippen LogP contribution in [0.15, 0.2) is 0 Å². The van der Waals surface area contributed by atoms with Crippen LogP contribution in [-0.2, 0) is 11.8 Å². The first-order valence-corrected chi connectivity index (χ1v) is 8.49. The Morgan fingerprint density at radius 3 is 2.48 bits per heavy atom. The topological polar surface area (TPSA) is 116 Å². The van der Waals surface area contributed by atoms with Gasteiger partial charge in [-0.05, 0) is 26.3 Å². The van der Waals surface area contributed by atoms with Crippen molar-refractivity contribution in [2.24, 2.45) is 12.8 Å². The first-order chi connectivity index (χ1) is 11.7. The van der Waals surface area contributed by atoms with Crippen molar-refractivity contribution in [3.63, 3.8) is 0 Å². The maximum absolute atomic E-state index is 12.5. The van der Waals surface area contributed by atoms with Crippen molar-refractivity contribution in [2.45, 2.75) is 20.8 Å². The van der Waals surface area contributed by atoms with E-state index in [-0.39, 0.29) is 32.8 Å². The number of hydrogen-bond donors (Lipinski definition) is 2. The lowest BCUT2D eigenvalue weighted by Crippen LogP contribution is -2.16. The Morgan fingerprint density at radius 1 is 1.36 bits per heavy atom. The molecule has 0 bridgehead atoms. The first kappa shape index (κ1) is 18.9.